The van der Waals surface area contributed by atoms with E-state index in [0.29, 0.717) is 11.1 Å². The van der Waals surface area contributed by atoms with Crippen molar-refractivity contribution in [2.75, 3.05) is 9.80 Å². The number of phenolic OH excluding ortho intramolecular Hbond substituents is 2. The van der Waals surface area contributed by atoms with E-state index in [4.69, 9.17) is 0 Å². The first-order valence-electron chi connectivity index (χ1n) is 15.3. The minimum atomic E-state index is -1.01. The molecule has 0 heterocycles. The standard InChI is InChI=1S/C40H34N2O4/c43-35-25-31(41(27-13-5-1-6-14-27)28-15-7-2-8-16-28)21-23-33(35)37-39(45)38(40(37)46)34-24-22-32(26-36(34)44)42(29-17-9-3-10-18-29)30-19-11-4-12-20-30/h1-26,37-40,43-46H. The summed E-state index contributed by atoms with van der Waals surface area (Å²) < 4.78 is 0. The fraction of sp³-hybridized carbons (Fsp3) is 0.100. The van der Waals surface area contributed by atoms with Gasteiger partial charge in [-0.05, 0) is 60.7 Å². The Kier molecular flexibility index (Phi) is 7.89. The van der Waals surface area contributed by atoms with Gasteiger partial charge in [-0.25, -0.2) is 0 Å². The van der Waals surface area contributed by atoms with Crippen LogP contribution in [-0.2, 0) is 0 Å². The van der Waals surface area contributed by atoms with Crippen LogP contribution >= 0.6 is 0 Å². The molecule has 0 amide bonds. The van der Waals surface area contributed by atoms with Gasteiger partial charge >= 0.3 is 0 Å². The number of benzene rings is 6. The smallest absolute Gasteiger partial charge is 0.121 e. The van der Waals surface area contributed by atoms with Crippen LogP contribution in [0.25, 0.3) is 0 Å². The van der Waals surface area contributed by atoms with Crippen LogP contribution in [-0.4, -0.2) is 32.6 Å². The number of aromatic hydroxyl groups is 2. The predicted molar refractivity (Wildman–Crippen MR) is 183 cm³/mol. The lowest BCUT2D eigenvalue weighted by molar-refractivity contribution is -0.0797. The topological polar surface area (TPSA) is 87.4 Å². The van der Waals surface area contributed by atoms with Gasteiger partial charge < -0.3 is 30.2 Å². The SMILES string of the molecule is Oc1cc(N(c2ccccc2)c2ccccc2)ccc1C1C(O)C(c2ccc(N(c3ccccc3)c3ccccc3)cc2O)C1O. The lowest BCUT2D eigenvalue weighted by Crippen LogP contribution is -2.51. The van der Waals surface area contributed by atoms with Crippen LogP contribution < -0.4 is 9.80 Å². The van der Waals surface area contributed by atoms with Gasteiger partial charge in [0, 0.05) is 69.2 Å². The molecule has 4 N–H and O–H groups in total. The average Bonchev–Trinajstić information content (AvgIpc) is 3.09. The van der Waals surface area contributed by atoms with E-state index < -0.39 is 24.0 Å². The second-order valence-electron chi connectivity index (χ2n) is 11.5. The molecule has 0 spiro atoms. The van der Waals surface area contributed by atoms with Crippen LogP contribution in [0.5, 0.6) is 11.5 Å². The average molecular weight is 607 g/mol. The van der Waals surface area contributed by atoms with Gasteiger partial charge in [0.15, 0.2) is 0 Å². The van der Waals surface area contributed by atoms with Crippen molar-refractivity contribution in [2.45, 2.75) is 24.0 Å². The number of aliphatic hydroxyl groups excluding tert-OH is 2. The molecule has 6 heteroatoms. The Hall–Kier alpha value is -5.56. The zero-order valence-corrected chi connectivity index (χ0v) is 25.0. The lowest BCUT2D eigenvalue weighted by atomic mass is 9.63. The van der Waals surface area contributed by atoms with Crippen LogP contribution in [0.15, 0.2) is 158 Å². The van der Waals surface area contributed by atoms with E-state index in [1.807, 2.05) is 143 Å². The maximum Gasteiger partial charge on any atom is 0.121 e. The minimum absolute atomic E-state index is 0.0168. The quantitative estimate of drug-likeness (QED) is 0.139. The highest BCUT2D eigenvalue weighted by molar-refractivity contribution is 5.79. The van der Waals surface area contributed by atoms with Gasteiger partial charge in [-0.2, -0.15) is 0 Å². The van der Waals surface area contributed by atoms with Crippen LogP contribution in [0, 0.1) is 0 Å². The van der Waals surface area contributed by atoms with Crippen molar-refractivity contribution < 1.29 is 20.4 Å². The highest BCUT2D eigenvalue weighted by Crippen LogP contribution is 2.53. The molecule has 1 saturated carbocycles. The molecule has 0 aliphatic heterocycles. The van der Waals surface area contributed by atoms with Crippen molar-refractivity contribution in [1.29, 1.82) is 0 Å². The monoisotopic (exact) mass is 606 g/mol. The molecule has 6 nitrogen and oxygen atoms in total. The molecule has 228 valence electrons. The van der Waals surface area contributed by atoms with Crippen LogP contribution in [0.4, 0.5) is 34.1 Å². The summed E-state index contributed by atoms with van der Waals surface area (Å²) in [6.45, 7) is 0. The number of aliphatic hydroxyl groups is 2. The van der Waals surface area contributed by atoms with Crippen LogP contribution in [0.3, 0.4) is 0 Å². The number of hydrogen-bond acceptors (Lipinski definition) is 6. The molecule has 7 rings (SSSR count). The summed E-state index contributed by atoms with van der Waals surface area (Å²) in [5.74, 6) is -1.47. The summed E-state index contributed by atoms with van der Waals surface area (Å²) in [6.07, 6.45) is -2.02. The summed E-state index contributed by atoms with van der Waals surface area (Å²) in [4.78, 5) is 4.07. The zero-order valence-electron chi connectivity index (χ0n) is 25.0. The molecule has 0 radical (unpaired) electrons. The predicted octanol–water partition coefficient (Wildman–Crippen LogP) is 8.64. The second kappa shape index (κ2) is 12.4. The van der Waals surface area contributed by atoms with Crippen LogP contribution in [0.1, 0.15) is 23.0 Å². The number of nitrogens with zero attached hydrogens (tertiary/aromatic N) is 2. The third-order valence-corrected chi connectivity index (χ3v) is 8.79. The molecular formula is C40H34N2O4. The van der Waals surface area contributed by atoms with E-state index >= 15 is 0 Å². The molecule has 0 saturated heterocycles. The molecule has 46 heavy (non-hydrogen) atoms. The highest BCUT2D eigenvalue weighted by Gasteiger charge is 2.52. The fourth-order valence-electron chi connectivity index (χ4n) is 6.55. The Morgan fingerprint density at radius 3 is 0.891 bits per heavy atom. The largest absolute Gasteiger partial charge is 0.508 e. The maximum absolute atomic E-state index is 11.4. The van der Waals surface area contributed by atoms with Crippen molar-refractivity contribution in [3.05, 3.63) is 169 Å². The van der Waals surface area contributed by atoms with Crippen molar-refractivity contribution >= 4 is 34.1 Å². The maximum atomic E-state index is 11.4. The van der Waals surface area contributed by atoms with Gasteiger partial charge in [0.05, 0.1) is 12.2 Å². The van der Waals surface area contributed by atoms with Gasteiger partial charge in [0.1, 0.15) is 11.5 Å². The Morgan fingerprint density at radius 1 is 0.348 bits per heavy atom. The van der Waals surface area contributed by atoms with E-state index in [2.05, 4.69) is 0 Å². The van der Waals surface area contributed by atoms with Crippen LogP contribution in [0.2, 0.25) is 0 Å². The first-order chi connectivity index (χ1) is 22.5. The fourth-order valence-corrected chi connectivity index (χ4v) is 6.55. The molecule has 0 atom stereocenters. The van der Waals surface area contributed by atoms with Crippen molar-refractivity contribution in [3.63, 3.8) is 0 Å². The van der Waals surface area contributed by atoms with E-state index in [1.165, 1.54) is 0 Å². The molecular weight excluding hydrogens is 572 g/mol. The summed E-state index contributed by atoms with van der Waals surface area (Å²) in [5, 5.41) is 45.2. The molecule has 0 aromatic heterocycles. The van der Waals surface area contributed by atoms with Gasteiger partial charge in [-0.1, -0.05) is 84.9 Å². The molecule has 6 aromatic carbocycles. The normalized spacial score (nSPS) is 18.8. The van der Waals surface area contributed by atoms with E-state index in [-0.39, 0.29) is 11.5 Å². The summed E-state index contributed by atoms with van der Waals surface area (Å²) in [6, 6.07) is 50.1. The highest BCUT2D eigenvalue weighted by atomic mass is 16.3. The molecule has 1 fully saturated rings. The van der Waals surface area contributed by atoms with Gasteiger partial charge in [-0.3, -0.25) is 0 Å². The molecule has 0 unspecified atom stereocenters. The summed E-state index contributed by atoms with van der Waals surface area (Å²) in [7, 11) is 0. The lowest BCUT2D eigenvalue weighted by Gasteiger charge is -2.47. The number of phenols is 2. The van der Waals surface area contributed by atoms with Crippen molar-refractivity contribution in [3.8, 4) is 11.5 Å². The first-order valence-corrected chi connectivity index (χ1v) is 15.3. The Bertz CT molecular complexity index is 1690. The summed E-state index contributed by atoms with van der Waals surface area (Å²) >= 11 is 0. The van der Waals surface area contributed by atoms with Gasteiger partial charge in [0.2, 0.25) is 0 Å². The molecule has 0 bridgehead atoms. The van der Waals surface area contributed by atoms with E-state index in [0.717, 1.165) is 34.1 Å². The number of para-hydroxylation sites is 4. The molecule has 6 aromatic rings. The first kappa shape index (κ1) is 29.2. The van der Waals surface area contributed by atoms with Gasteiger partial charge in [0.25, 0.3) is 0 Å². The van der Waals surface area contributed by atoms with Crippen molar-refractivity contribution in [1.82, 2.24) is 0 Å². The third-order valence-electron chi connectivity index (χ3n) is 8.79. The minimum Gasteiger partial charge on any atom is -0.508 e. The summed E-state index contributed by atoms with van der Waals surface area (Å²) in [5.41, 5.74) is 6.13. The van der Waals surface area contributed by atoms with Crippen molar-refractivity contribution in [2.24, 2.45) is 0 Å². The Labute approximate surface area is 268 Å². The molecule has 1 aliphatic carbocycles. The molecule has 1 aliphatic rings. The Balaban J connectivity index is 1.16. The van der Waals surface area contributed by atoms with E-state index in [1.54, 1.807) is 24.3 Å². The van der Waals surface area contributed by atoms with E-state index in [9.17, 15) is 20.4 Å². The van der Waals surface area contributed by atoms with Gasteiger partial charge in [-0.15, -0.1) is 0 Å². The third kappa shape index (κ3) is 5.34. The number of anilines is 6. The Morgan fingerprint density at radius 2 is 0.630 bits per heavy atom. The second-order valence-corrected chi connectivity index (χ2v) is 11.5. The number of rotatable bonds is 8. The zero-order chi connectivity index (χ0) is 31.6. The number of hydrogen-bond donors (Lipinski definition) is 4.